The number of piperidine rings is 1. The van der Waals surface area contributed by atoms with Crippen molar-refractivity contribution in [2.45, 2.75) is 26.2 Å². The Morgan fingerprint density at radius 3 is 2.90 bits per heavy atom. The highest BCUT2D eigenvalue weighted by Gasteiger charge is 2.22. The number of likely N-dealkylation sites (tertiary alicyclic amines) is 1. The minimum atomic E-state index is 0.133. The number of benzene rings is 1. The zero-order valence-electron chi connectivity index (χ0n) is 11.6. The number of hydrogen-bond donors (Lipinski definition) is 1. The van der Waals surface area contributed by atoms with Crippen LogP contribution in [0.2, 0.25) is 0 Å². The zero-order valence-corrected chi connectivity index (χ0v) is 12.4. The van der Waals surface area contributed by atoms with Gasteiger partial charge < -0.3 is 10.6 Å². The third kappa shape index (κ3) is 2.50. The van der Waals surface area contributed by atoms with E-state index in [1.807, 2.05) is 23.1 Å². The van der Waals surface area contributed by atoms with Crippen molar-refractivity contribution in [3.63, 3.8) is 0 Å². The maximum atomic E-state index is 12.5. The average Bonchev–Trinajstić information content (AvgIpc) is 2.85. The topological polar surface area (TPSA) is 59.2 Å². The molecule has 5 heteroatoms. The second kappa shape index (κ2) is 5.40. The molecule has 0 atom stereocenters. The fraction of sp³-hybridized carbons (Fsp3) is 0.467. The molecule has 2 N–H and O–H groups in total. The summed E-state index contributed by atoms with van der Waals surface area (Å²) in [5.74, 6) is 0.913. The van der Waals surface area contributed by atoms with Gasteiger partial charge in [0.25, 0.3) is 5.91 Å². The first-order valence-electron chi connectivity index (χ1n) is 7.12. The Hall–Kier alpha value is -1.62. The summed E-state index contributed by atoms with van der Waals surface area (Å²) in [7, 11) is 0. The maximum Gasteiger partial charge on any atom is 0.253 e. The van der Waals surface area contributed by atoms with Crippen molar-refractivity contribution in [3.8, 4) is 0 Å². The fourth-order valence-corrected chi connectivity index (χ4v) is 3.58. The van der Waals surface area contributed by atoms with Crippen LogP contribution in [0.1, 0.15) is 36.5 Å². The van der Waals surface area contributed by atoms with E-state index in [1.54, 1.807) is 0 Å². The minimum Gasteiger partial charge on any atom is -0.375 e. The number of hydrogen-bond acceptors (Lipinski definition) is 4. The predicted octanol–water partition coefficient (Wildman–Crippen LogP) is 3.14. The van der Waals surface area contributed by atoms with Gasteiger partial charge in [-0.1, -0.05) is 24.7 Å². The van der Waals surface area contributed by atoms with Crippen molar-refractivity contribution < 1.29 is 4.79 Å². The molecule has 1 aliphatic rings. The average molecular weight is 289 g/mol. The lowest BCUT2D eigenvalue weighted by atomic mass is 9.94. The number of nitrogen functional groups attached to an aromatic ring is 1. The van der Waals surface area contributed by atoms with Gasteiger partial charge in [0, 0.05) is 18.7 Å². The number of rotatable bonds is 2. The van der Waals surface area contributed by atoms with Gasteiger partial charge in [-0.2, -0.15) is 0 Å². The third-order valence-corrected chi connectivity index (χ3v) is 4.98. The fourth-order valence-electron chi connectivity index (χ4n) is 2.80. The Morgan fingerprint density at radius 2 is 2.20 bits per heavy atom. The summed E-state index contributed by atoms with van der Waals surface area (Å²) in [6, 6.07) is 5.65. The van der Waals surface area contributed by atoms with Crippen LogP contribution in [0.5, 0.6) is 0 Å². The van der Waals surface area contributed by atoms with E-state index in [-0.39, 0.29) is 5.91 Å². The largest absolute Gasteiger partial charge is 0.375 e. The van der Waals surface area contributed by atoms with Gasteiger partial charge in [-0.25, -0.2) is 4.98 Å². The van der Waals surface area contributed by atoms with Crippen molar-refractivity contribution in [1.29, 1.82) is 0 Å². The van der Waals surface area contributed by atoms with Gasteiger partial charge in [-0.3, -0.25) is 4.79 Å². The molecular weight excluding hydrogens is 270 g/mol. The highest BCUT2D eigenvalue weighted by Crippen LogP contribution is 2.26. The van der Waals surface area contributed by atoms with Crippen molar-refractivity contribution in [3.05, 3.63) is 23.8 Å². The molecule has 0 spiro atoms. The molecule has 3 rings (SSSR count). The summed E-state index contributed by atoms with van der Waals surface area (Å²) >= 11 is 1.43. The highest BCUT2D eigenvalue weighted by molar-refractivity contribution is 7.22. The number of thiazole rings is 1. The quantitative estimate of drug-likeness (QED) is 0.924. The van der Waals surface area contributed by atoms with Crippen LogP contribution in [0.15, 0.2) is 18.2 Å². The maximum absolute atomic E-state index is 12.5. The van der Waals surface area contributed by atoms with E-state index in [2.05, 4.69) is 11.9 Å². The van der Waals surface area contributed by atoms with Crippen LogP contribution in [0.25, 0.3) is 10.2 Å². The highest BCUT2D eigenvalue weighted by atomic mass is 32.1. The van der Waals surface area contributed by atoms with E-state index in [0.29, 0.717) is 5.13 Å². The standard InChI is InChI=1S/C15H19N3OS/c1-2-10-5-7-18(8-6-10)14(19)11-3-4-12-13(9-11)20-15(16)17-12/h3-4,9-10H,2,5-8H2,1H3,(H2,16,17). The molecule has 1 aromatic heterocycles. The SMILES string of the molecule is CCC1CCN(C(=O)c2ccc3nc(N)sc3c2)CC1. The second-order valence-electron chi connectivity index (χ2n) is 5.38. The molecule has 0 radical (unpaired) electrons. The molecule has 1 fully saturated rings. The van der Waals surface area contributed by atoms with Crippen LogP contribution < -0.4 is 5.73 Å². The molecule has 0 unspecified atom stereocenters. The lowest BCUT2D eigenvalue weighted by molar-refractivity contribution is 0.0689. The summed E-state index contributed by atoms with van der Waals surface area (Å²) in [6.07, 6.45) is 3.46. The van der Waals surface area contributed by atoms with Gasteiger partial charge >= 0.3 is 0 Å². The van der Waals surface area contributed by atoms with Gasteiger partial charge in [0.05, 0.1) is 10.2 Å². The summed E-state index contributed by atoms with van der Waals surface area (Å²) in [4.78, 5) is 18.7. The van der Waals surface area contributed by atoms with Crippen LogP contribution in [-0.4, -0.2) is 28.9 Å². The molecule has 20 heavy (non-hydrogen) atoms. The normalized spacial score (nSPS) is 16.8. The summed E-state index contributed by atoms with van der Waals surface area (Å²) in [6.45, 7) is 3.98. The molecule has 1 amide bonds. The molecule has 0 saturated carbocycles. The Morgan fingerprint density at radius 1 is 1.45 bits per heavy atom. The number of nitrogens with two attached hydrogens (primary N) is 1. The van der Waals surface area contributed by atoms with Crippen molar-refractivity contribution in [1.82, 2.24) is 9.88 Å². The van der Waals surface area contributed by atoms with Crippen LogP contribution in [0, 0.1) is 5.92 Å². The van der Waals surface area contributed by atoms with Crippen molar-refractivity contribution >= 4 is 32.6 Å². The predicted molar refractivity (Wildman–Crippen MR) is 83.0 cm³/mol. The minimum absolute atomic E-state index is 0.133. The van der Waals surface area contributed by atoms with Crippen molar-refractivity contribution in [2.75, 3.05) is 18.8 Å². The molecule has 1 saturated heterocycles. The molecule has 0 bridgehead atoms. The van der Waals surface area contributed by atoms with Gasteiger partial charge in [0.1, 0.15) is 0 Å². The first kappa shape index (κ1) is 13.4. The molecule has 4 nitrogen and oxygen atoms in total. The first-order valence-corrected chi connectivity index (χ1v) is 7.94. The molecule has 2 aromatic rings. The first-order chi connectivity index (χ1) is 9.67. The Balaban J connectivity index is 1.78. The monoisotopic (exact) mass is 289 g/mol. The molecular formula is C15H19N3OS. The lowest BCUT2D eigenvalue weighted by Gasteiger charge is -2.31. The zero-order chi connectivity index (χ0) is 14.1. The van der Waals surface area contributed by atoms with Crippen LogP contribution in [0.3, 0.4) is 0 Å². The number of carbonyl (C=O) groups is 1. The third-order valence-electron chi connectivity index (χ3n) is 4.13. The van der Waals surface area contributed by atoms with E-state index in [9.17, 15) is 4.79 Å². The number of amides is 1. The number of nitrogens with zero attached hydrogens (tertiary/aromatic N) is 2. The van der Waals surface area contributed by atoms with Crippen LogP contribution >= 0.6 is 11.3 Å². The van der Waals surface area contributed by atoms with Crippen LogP contribution in [0.4, 0.5) is 5.13 Å². The number of carbonyl (C=O) groups excluding carboxylic acids is 1. The number of anilines is 1. The lowest BCUT2D eigenvalue weighted by Crippen LogP contribution is -2.38. The van der Waals surface area contributed by atoms with Crippen molar-refractivity contribution in [2.24, 2.45) is 5.92 Å². The smallest absolute Gasteiger partial charge is 0.253 e. The van der Waals surface area contributed by atoms with Gasteiger partial charge in [-0.15, -0.1) is 0 Å². The molecule has 0 aliphatic carbocycles. The molecule has 106 valence electrons. The summed E-state index contributed by atoms with van der Waals surface area (Å²) in [5.41, 5.74) is 7.32. The van der Waals surface area contributed by atoms with Gasteiger partial charge in [0.15, 0.2) is 5.13 Å². The Bertz CT molecular complexity index is 629. The summed E-state index contributed by atoms with van der Waals surface area (Å²) < 4.78 is 0.983. The molecule has 2 heterocycles. The Labute approximate surface area is 122 Å². The molecule has 1 aliphatic heterocycles. The second-order valence-corrected chi connectivity index (χ2v) is 6.44. The van der Waals surface area contributed by atoms with Gasteiger partial charge in [0.2, 0.25) is 0 Å². The van der Waals surface area contributed by atoms with E-state index in [1.165, 1.54) is 17.8 Å². The number of fused-ring (bicyclic) bond motifs is 1. The van der Waals surface area contributed by atoms with E-state index < -0.39 is 0 Å². The number of aromatic nitrogens is 1. The van der Waals surface area contributed by atoms with E-state index in [0.717, 1.165) is 47.6 Å². The van der Waals surface area contributed by atoms with E-state index in [4.69, 9.17) is 5.73 Å². The Kier molecular flexibility index (Phi) is 3.61. The summed E-state index contributed by atoms with van der Waals surface area (Å²) in [5, 5.41) is 0.549. The van der Waals surface area contributed by atoms with E-state index >= 15 is 0 Å². The molecule has 1 aromatic carbocycles. The van der Waals surface area contributed by atoms with Crippen LogP contribution in [-0.2, 0) is 0 Å². The van der Waals surface area contributed by atoms with Gasteiger partial charge in [-0.05, 0) is 37.0 Å².